The number of hydrogen-bond acceptors (Lipinski definition) is 6. The average molecular weight is 327 g/mol. The SMILES string of the molecule is Nc1nc2c(ncn2[C@H]2C=C[C@@](O)(CP(=O)(O)O)C2)c(=O)[nH]1. The Morgan fingerprint density at radius 1 is 1.55 bits per heavy atom. The fraction of sp³-hybridized carbons (Fsp3) is 0.364. The minimum Gasteiger partial charge on any atom is -0.385 e. The summed E-state index contributed by atoms with van der Waals surface area (Å²) in [4.78, 5) is 40.1. The highest BCUT2D eigenvalue weighted by Gasteiger charge is 2.39. The summed E-state index contributed by atoms with van der Waals surface area (Å²) in [6, 6.07) is -0.435. The molecule has 3 rings (SSSR count). The highest BCUT2D eigenvalue weighted by Crippen LogP contribution is 2.44. The molecule has 10 nitrogen and oxygen atoms in total. The molecule has 0 saturated carbocycles. The Bertz CT molecular complexity index is 867. The zero-order valence-electron chi connectivity index (χ0n) is 11.2. The standard InChI is InChI=1S/C11H14N5O5P/c12-10-14-8-7(9(17)15-10)13-5-16(8)6-1-2-11(18,3-6)4-22(19,20)21/h1-2,5-6,18H,3-4H2,(H2,19,20,21)(H3,12,14,15,17)/t6-,11-/m0/s1. The van der Waals surface area contributed by atoms with Crippen molar-refractivity contribution in [1.29, 1.82) is 0 Å². The molecule has 1 aliphatic carbocycles. The highest BCUT2D eigenvalue weighted by molar-refractivity contribution is 7.51. The van der Waals surface area contributed by atoms with Gasteiger partial charge in [0.15, 0.2) is 11.2 Å². The normalized spacial score (nSPS) is 25.1. The number of nitrogens with two attached hydrogens (primary N) is 1. The first-order chi connectivity index (χ1) is 10.2. The van der Waals surface area contributed by atoms with Gasteiger partial charge in [-0.25, -0.2) is 4.98 Å². The molecule has 0 aliphatic heterocycles. The van der Waals surface area contributed by atoms with Gasteiger partial charge in [-0.15, -0.1) is 0 Å². The summed E-state index contributed by atoms with van der Waals surface area (Å²) in [5.74, 6) is -0.0632. The maximum atomic E-state index is 11.7. The van der Waals surface area contributed by atoms with E-state index >= 15 is 0 Å². The Morgan fingerprint density at radius 3 is 2.95 bits per heavy atom. The average Bonchev–Trinajstić information content (AvgIpc) is 2.90. The number of aliphatic hydroxyl groups is 1. The van der Waals surface area contributed by atoms with Crippen molar-refractivity contribution in [3.8, 4) is 0 Å². The van der Waals surface area contributed by atoms with Gasteiger partial charge < -0.3 is 25.2 Å². The van der Waals surface area contributed by atoms with Crippen LogP contribution in [0.1, 0.15) is 12.5 Å². The number of allylic oxidation sites excluding steroid dienone is 1. The predicted octanol–water partition coefficient (Wildman–Crippen LogP) is -0.888. The van der Waals surface area contributed by atoms with Gasteiger partial charge in [0.25, 0.3) is 5.56 Å². The first-order valence-corrected chi connectivity index (χ1v) is 8.15. The number of anilines is 1. The molecule has 2 heterocycles. The number of nitrogen functional groups attached to an aromatic ring is 1. The molecule has 0 radical (unpaired) electrons. The van der Waals surface area contributed by atoms with Crippen LogP contribution in [0, 0.1) is 0 Å². The van der Waals surface area contributed by atoms with Crippen LogP contribution in [0.15, 0.2) is 23.3 Å². The molecule has 6 N–H and O–H groups in total. The van der Waals surface area contributed by atoms with Crippen LogP contribution in [-0.2, 0) is 4.57 Å². The molecule has 2 atom stereocenters. The lowest BCUT2D eigenvalue weighted by Crippen LogP contribution is -2.29. The third-order valence-electron chi connectivity index (χ3n) is 3.48. The maximum absolute atomic E-state index is 11.7. The van der Waals surface area contributed by atoms with Crippen molar-refractivity contribution in [3.05, 3.63) is 28.8 Å². The van der Waals surface area contributed by atoms with Gasteiger partial charge in [-0.3, -0.25) is 14.3 Å². The van der Waals surface area contributed by atoms with Crippen molar-refractivity contribution in [2.75, 3.05) is 11.9 Å². The van der Waals surface area contributed by atoms with E-state index in [9.17, 15) is 14.5 Å². The Kier molecular flexibility index (Phi) is 3.22. The van der Waals surface area contributed by atoms with Crippen molar-refractivity contribution in [1.82, 2.24) is 19.5 Å². The minimum atomic E-state index is -4.36. The number of hydrogen-bond donors (Lipinski definition) is 5. The molecule has 0 bridgehead atoms. The number of rotatable bonds is 3. The van der Waals surface area contributed by atoms with E-state index in [2.05, 4.69) is 15.0 Å². The van der Waals surface area contributed by atoms with Crippen LogP contribution in [0.2, 0.25) is 0 Å². The van der Waals surface area contributed by atoms with Gasteiger partial charge in [0.2, 0.25) is 5.95 Å². The highest BCUT2D eigenvalue weighted by atomic mass is 31.2. The summed E-state index contributed by atoms with van der Waals surface area (Å²) in [5.41, 5.74) is 3.77. The molecular formula is C11H14N5O5P. The van der Waals surface area contributed by atoms with Crippen LogP contribution in [0.5, 0.6) is 0 Å². The molecule has 1 aliphatic rings. The lowest BCUT2D eigenvalue weighted by atomic mass is 10.1. The van der Waals surface area contributed by atoms with Gasteiger partial charge in [-0.05, 0) is 0 Å². The first kappa shape index (κ1) is 14.9. The monoisotopic (exact) mass is 327 g/mol. The zero-order valence-corrected chi connectivity index (χ0v) is 12.1. The molecule has 22 heavy (non-hydrogen) atoms. The summed E-state index contributed by atoms with van der Waals surface area (Å²) in [7, 11) is -4.36. The van der Waals surface area contributed by atoms with E-state index in [1.54, 1.807) is 6.08 Å². The van der Waals surface area contributed by atoms with Crippen molar-refractivity contribution >= 4 is 24.7 Å². The zero-order chi connectivity index (χ0) is 16.1. The van der Waals surface area contributed by atoms with E-state index in [-0.39, 0.29) is 23.5 Å². The van der Waals surface area contributed by atoms with E-state index in [0.29, 0.717) is 0 Å². The molecule has 11 heteroatoms. The Labute approximate surface area is 123 Å². The molecule has 2 aromatic heterocycles. The van der Waals surface area contributed by atoms with Gasteiger partial charge in [0, 0.05) is 6.42 Å². The summed E-state index contributed by atoms with van der Waals surface area (Å²) in [6.45, 7) is 0. The summed E-state index contributed by atoms with van der Waals surface area (Å²) in [6.07, 6.45) is 3.69. The van der Waals surface area contributed by atoms with Crippen LogP contribution < -0.4 is 11.3 Å². The van der Waals surface area contributed by atoms with Crippen molar-refractivity contribution in [2.24, 2.45) is 0 Å². The summed E-state index contributed by atoms with van der Waals surface area (Å²) >= 11 is 0. The fourth-order valence-corrected chi connectivity index (χ4v) is 3.59. The fourth-order valence-electron chi connectivity index (χ4n) is 2.64. The van der Waals surface area contributed by atoms with Crippen LogP contribution in [0.4, 0.5) is 5.95 Å². The first-order valence-electron chi connectivity index (χ1n) is 6.35. The minimum absolute atomic E-state index is 0.0396. The number of nitrogens with zero attached hydrogens (tertiary/aromatic N) is 3. The van der Waals surface area contributed by atoms with Crippen molar-refractivity contribution < 1.29 is 19.5 Å². The Balaban J connectivity index is 1.96. The largest absolute Gasteiger partial charge is 0.385 e. The molecule has 2 aromatic rings. The van der Waals surface area contributed by atoms with Crippen molar-refractivity contribution in [3.63, 3.8) is 0 Å². The number of fused-ring (bicyclic) bond motifs is 1. The lowest BCUT2D eigenvalue weighted by Gasteiger charge is -2.23. The van der Waals surface area contributed by atoms with Gasteiger partial charge >= 0.3 is 7.60 Å². The molecule has 0 spiro atoms. The van der Waals surface area contributed by atoms with E-state index in [1.165, 1.54) is 17.0 Å². The molecule has 0 saturated heterocycles. The van der Waals surface area contributed by atoms with Gasteiger partial charge in [-0.2, -0.15) is 4.98 Å². The quantitative estimate of drug-likeness (QED) is 0.357. The Hall–Kier alpha value is -2.00. The van der Waals surface area contributed by atoms with Crippen LogP contribution in [0.3, 0.4) is 0 Å². The smallest absolute Gasteiger partial charge is 0.328 e. The van der Waals surface area contributed by atoms with E-state index in [0.717, 1.165) is 0 Å². The van der Waals surface area contributed by atoms with Gasteiger partial charge in [0.1, 0.15) is 0 Å². The second-order valence-corrected chi connectivity index (χ2v) is 6.98. The third-order valence-corrected chi connectivity index (χ3v) is 4.44. The van der Waals surface area contributed by atoms with Crippen LogP contribution in [-0.4, -0.2) is 46.2 Å². The number of aromatic nitrogens is 4. The number of nitrogens with one attached hydrogen (secondary N) is 1. The number of imidazole rings is 1. The summed E-state index contributed by atoms with van der Waals surface area (Å²) < 4.78 is 12.6. The molecule has 0 unspecified atom stereocenters. The maximum Gasteiger partial charge on any atom is 0.328 e. The van der Waals surface area contributed by atoms with Gasteiger partial charge in [-0.1, -0.05) is 12.2 Å². The molecule has 0 amide bonds. The van der Waals surface area contributed by atoms with E-state index < -0.39 is 31.0 Å². The van der Waals surface area contributed by atoms with Crippen LogP contribution >= 0.6 is 7.60 Å². The summed E-state index contributed by atoms with van der Waals surface area (Å²) in [5, 5.41) is 10.3. The van der Waals surface area contributed by atoms with Crippen molar-refractivity contribution in [2.45, 2.75) is 18.1 Å². The predicted molar refractivity (Wildman–Crippen MR) is 77.2 cm³/mol. The van der Waals surface area contributed by atoms with E-state index in [4.69, 9.17) is 15.5 Å². The number of aromatic amines is 1. The Morgan fingerprint density at radius 2 is 2.27 bits per heavy atom. The second kappa shape index (κ2) is 4.75. The second-order valence-electron chi connectivity index (χ2n) is 5.33. The lowest BCUT2D eigenvalue weighted by molar-refractivity contribution is 0.0999. The van der Waals surface area contributed by atoms with Crippen LogP contribution in [0.25, 0.3) is 11.2 Å². The molecular weight excluding hydrogens is 313 g/mol. The topological polar surface area (TPSA) is 167 Å². The molecule has 118 valence electrons. The van der Waals surface area contributed by atoms with Gasteiger partial charge in [0.05, 0.1) is 24.1 Å². The third kappa shape index (κ3) is 2.69. The molecule has 0 aromatic carbocycles. The number of H-pyrrole nitrogens is 1. The molecule has 0 fully saturated rings. The van der Waals surface area contributed by atoms with E-state index in [1.807, 2.05) is 0 Å².